The van der Waals surface area contributed by atoms with Gasteiger partial charge in [-0.1, -0.05) is 13.3 Å². The fourth-order valence-corrected chi connectivity index (χ4v) is 1.34. The number of ether oxygens (including phenoxy) is 1. The van der Waals surface area contributed by atoms with Gasteiger partial charge in [0.2, 0.25) is 5.88 Å². The molecule has 0 saturated heterocycles. The number of carboxylic acid groups (broad SMARTS) is 1. The zero-order valence-corrected chi connectivity index (χ0v) is 9.95. The maximum absolute atomic E-state index is 10.9. The van der Waals surface area contributed by atoms with Crippen LogP contribution >= 0.6 is 15.9 Å². The molecule has 0 amide bonds. The molecule has 1 aromatic rings. The Morgan fingerprint density at radius 3 is 3.00 bits per heavy atom. The Kier molecular flexibility index (Phi) is 4.55. The van der Waals surface area contributed by atoms with E-state index in [1.165, 1.54) is 12.3 Å². The topological polar surface area (TPSA) is 59.4 Å². The van der Waals surface area contributed by atoms with Crippen molar-refractivity contribution in [2.45, 2.75) is 19.8 Å². The quantitative estimate of drug-likeness (QED) is 0.839. The summed E-state index contributed by atoms with van der Waals surface area (Å²) in [5.41, 5.74) is 0.0838. The van der Waals surface area contributed by atoms with Crippen LogP contribution in [0.25, 0.3) is 0 Å². The zero-order valence-electron chi connectivity index (χ0n) is 8.36. The highest BCUT2D eigenvalue weighted by atomic mass is 79.9. The van der Waals surface area contributed by atoms with Crippen molar-refractivity contribution in [3.63, 3.8) is 0 Å². The van der Waals surface area contributed by atoms with Crippen molar-refractivity contribution >= 4 is 21.9 Å². The average molecular weight is 274 g/mol. The van der Waals surface area contributed by atoms with Crippen LogP contribution < -0.4 is 4.74 Å². The second-order valence-electron chi connectivity index (χ2n) is 3.01. The molecule has 0 radical (unpaired) electrons. The summed E-state index contributed by atoms with van der Waals surface area (Å²) in [6.07, 6.45) is 3.41. The predicted molar refractivity (Wildman–Crippen MR) is 59.3 cm³/mol. The first-order valence-electron chi connectivity index (χ1n) is 4.66. The fourth-order valence-electron chi connectivity index (χ4n) is 1.01. The van der Waals surface area contributed by atoms with Crippen LogP contribution in [0.15, 0.2) is 16.7 Å². The van der Waals surface area contributed by atoms with Crippen LogP contribution in [0.5, 0.6) is 5.88 Å². The lowest BCUT2D eigenvalue weighted by molar-refractivity contribution is 0.0691. The van der Waals surface area contributed by atoms with Crippen molar-refractivity contribution in [2.24, 2.45) is 0 Å². The minimum absolute atomic E-state index is 0.0838. The predicted octanol–water partition coefficient (Wildman–Crippen LogP) is 2.72. The molecular formula is C10H12BrNO3. The van der Waals surface area contributed by atoms with Crippen LogP contribution in [-0.4, -0.2) is 22.7 Å². The van der Waals surface area contributed by atoms with Crippen molar-refractivity contribution in [3.05, 3.63) is 22.3 Å². The number of nitrogens with zero attached hydrogens (tertiary/aromatic N) is 1. The molecule has 0 unspecified atom stereocenters. The van der Waals surface area contributed by atoms with Crippen molar-refractivity contribution in [1.29, 1.82) is 0 Å². The van der Waals surface area contributed by atoms with Gasteiger partial charge in [-0.15, -0.1) is 0 Å². The summed E-state index contributed by atoms with van der Waals surface area (Å²) in [7, 11) is 0. The van der Waals surface area contributed by atoms with Crippen molar-refractivity contribution in [2.75, 3.05) is 6.61 Å². The number of halogens is 1. The molecule has 0 saturated carbocycles. The van der Waals surface area contributed by atoms with Gasteiger partial charge in [0.15, 0.2) is 0 Å². The van der Waals surface area contributed by atoms with Gasteiger partial charge in [0, 0.05) is 10.7 Å². The van der Waals surface area contributed by atoms with Crippen LogP contribution in [0.3, 0.4) is 0 Å². The molecule has 4 nitrogen and oxygen atoms in total. The van der Waals surface area contributed by atoms with E-state index in [-0.39, 0.29) is 11.4 Å². The summed E-state index contributed by atoms with van der Waals surface area (Å²) in [5.74, 6) is -0.852. The number of hydrogen-bond acceptors (Lipinski definition) is 3. The molecule has 15 heavy (non-hydrogen) atoms. The van der Waals surface area contributed by atoms with E-state index in [2.05, 4.69) is 20.9 Å². The Bertz CT molecular complexity index is 355. The Morgan fingerprint density at radius 2 is 2.40 bits per heavy atom. The first-order chi connectivity index (χ1) is 7.15. The summed E-state index contributed by atoms with van der Waals surface area (Å²) < 4.78 is 5.91. The van der Waals surface area contributed by atoms with Crippen LogP contribution in [0, 0.1) is 0 Å². The smallest absolute Gasteiger partial charge is 0.341 e. The minimum atomic E-state index is -1.03. The van der Waals surface area contributed by atoms with Crippen molar-refractivity contribution in [1.82, 2.24) is 4.98 Å². The molecule has 1 aromatic heterocycles. The molecule has 82 valence electrons. The molecule has 1 N–H and O–H groups in total. The van der Waals surface area contributed by atoms with Crippen LogP contribution in [0.1, 0.15) is 30.1 Å². The molecule has 0 atom stereocenters. The first kappa shape index (κ1) is 12.0. The van der Waals surface area contributed by atoms with Gasteiger partial charge in [-0.05, 0) is 28.4 Å². The Morgan fingerprint density at radius 1 is 1.67 bits per heavy atom. The lowest BCUT2D eigenvalue weighted by atomic mass is 10.3. The maximum Gasteiger partial charge on any atom is 0.341 e. The number of rotatable bonds is 5. The number of aromatic carboxylic acids is 1. The lowest BCUT2D eigenvalue weighted by Gasteiger charge is -2.07. The third kappa shape index (κ3) is 3.51. The third-order valence-corrected chi connectivity index (χ3v) is 2.22. The molecule has 0 fully saturated rings. The highest BCUT2D eigenvalue weighted by Crippen LogP contribution is 2.20. The summed E-state index contributed by atoms with van der Waals surface area (Å²) in [6, 6.07) is 1.48. The van der Waals surface area contributed by atoms with Crippen LogP contribution in [0.4, 0.5) is 0 Å². The molecule has 1 heterocycles. The molecule has 0 aromatic carbocycles. The monoisotopic (exact) mass is 273 g/mol. The van der Waals surface area contributed by atoms with E-state index < -0.39 is 5.97 Å². The van der Waals surface area contributed by atoms with E-state index in [1.807, 2.05) is 6.92 Å². The lowest BCUT2D eigenvalue weighted by Crippen LogP contribution is -2.06. The second-order valence-corrected chi connectivity index (χ2v) is 3.93. The van der Waals surface area contributed by atoms with E-state index in [1.54, 1.807) is 0 Å². The normalized spacial score (nSPS) is 10.0. The number of aromatic nitrogens is 1. The Balaban J connectivity index is 2.81. The Labute approximate surface area is 96.4 Å². The van der Waals surface area contributed by atoms with Gasteiger partial charge in [0.1, 0.15) is 5.56 Å². The number of hydrogen-bond donors (Lipinski definition) is 1. The fraction of sp³-hybridized carbons (Fsp3) is 0.400. The molecule has 0 spiro atoms. The summed E-state index contributed by atoms with van der Waals surface area (Å²) >= 11 is 3.17. The number of pyridine rings is 1. The van der Waals surface area contributed by atoms with Gasteiger partial charge in [-0.25, -0.2) is 9.78 Å². The van der Waals surface area contributed by atoms with Gasteiger partial charge >= 0.3 is 5.97 Å². The summed E-state index contributed by atoms with van der Waals surface area (Å²) in [5, 5.41) is 8.91. The van der Waals surface area contributed by atoms with Gasteiger partial charge in [0.05, 0.1) is 6.61 Å². The second kappa shape index (κ2) is 5.70. The SMILES string of the molecule is CCCCOc1ncc(Br)cc1C(=O)O. The molecule has 0 aliphatic rings. The molecule has 1 rings (SSSR count). The molecule has 0 bridgehead atoms. The minimum Gasteiger partial charge on any atom is -0.477 e. The van der Waals surface area contributed by atoms with E-state index in [9.17, 15) is 4.79 Å². The summed E-state index contributed by atoms with van der Waals surface area (Å²) in [4.78, 5) is 14.8. The van der Waals surface area contributed by atoms with E-state index in [0.717, 1.165) is 12.8 Å². The van der Waals surface area contributed by atoms with Crippen LogP contribution in [0.2, 0.25) is 0 Å². The third-order valence-electron chi connectivity index (χ3n) is 1.78. The van der Waals surface area contributed by atoms with Crippen LogP contribution in [-0.2, 0) is 0 Å². The summed E-state index contributed by atoms with van der Waals surface area (Å²) in [6.45, 7) is 2.53. The van der Waals surface area contributed by atoms with Gasteiger partial charge in [-0.2, -0.15) is 0 Å². The number of carboxylic acids is 1. The van der Waals surface area contributed by atoms with E-state index in [4.69, 9.17) is 9.84 Å². The standard InChI is InChI=1S/C10H12BrNO3/c1-2-3-4-15-9-8(10(13)14)5-7(11)6-12-9/h5-6H,2-4H2,1H3,(H,13,14). The van der Waals surface area contributed by atoms with Gasteiger partial charge < -0.3 is 9.84 Å². The number of carbonyl (C=O) groups is 1. The van der Waals surface area contributed by atoms with E-state index >= 15 is 0 Å². The zero-order chi connectivity index (χ0) is 11.3. The number of unbranched alkanes of at least 4 members (excludes halogenated alkanes) is 1. The average Bonchev–Trinajstić information content (AvgIpc) is 2.20. The molecule has 0 aliphatic carbocycles. The maximum atomic E-state index is 10.9. The molecular weight excluding hydrogens is 262 g/mol. The highest BCUT2D eigenvalue weighted by Gasteiger charge is 2.13. The first-order valence-corrected chi connectivity index (χ1v) is 5.46. The van der Waals surface area contributed by atoms with Gasteiger partial charge in [0.25, 0.3) is 0 Å². The van der Waals surface area contributed by atoms with Crippen molar-refractivity contribution in [3.8, 4) is 5.88 Å². The molecule has 0 aliphatic heterocycles. The highest BCUT2D eigenvalue weighted by molar-refractivity contribution is 9.10. The molecule has 5 heteroatoms. The van der Waals surface area contributed by atoms with Gasteiger partial charge in [-0.3, -0.25) is 0 Å². The Hall–Kier alpha value is -1.10. The van der Waals surface area contributed by atoms with E-state index in [0.29, 0.717) is 11.1 Å². The largest absolute Gasteiger partial charge is 0.477 e. The van der Waals surface area contributed by atoms with Crippen molar-refractivity contribution < 1.29 is 14.6 Å².